The van der Waals surface area contributed by atoms with E-state index in [1.54, 1.807) is 0 Å². The number of allylic oxidation sites excluding steroid dienone is 4. The molecule has 0 aliphatic carbocycles. The van der Waals surface area contributed by atoms with Crippen molar-refractivity contribution in [2.24, 2.45) is 0 Å². The Morgan fingerprint density at radius 3 is 2.29 bits per heavy atom. The predicted molar refractivity (Wildman–Crippen MR) is 77.2 cm³/mol. The van der Waals surface area contributed by atoms with Crippen LogP contribution in [0.5, 0.6) is 0 Å². The molecule has 92 valence electrons. The molecule has 1 aromatic carbocycles. The van der Waals surface area contributed by atoms with Crippen molar-refractivity contribution in [3.05, 3.63) is 59.2 Å². The van der Waals surface area contributed by atoms with Gasteiger partial charge in [-0.25, -0.2) is 0 Å². The van der Waals surface area contributed by atoms with Gasteiger partial charge < -0.3 is 0 Å². The highest BCUT2D eigenvalue weighted by molar-refractivity contribution is 5.15. The van der Waals surface area contributed by atoms with Crippen LogP contribution in [-0.2, 0) is 6.42 Å². The van der Waals surface area contributed by atoms with Crippen LogP contribution in [0.4, 0.5) is 0 Å². The first-order valence-corrected chi connectivity index (χ1v) is 6.51. The van der Waals surface area contributed by atoms with E-state index in [0.717, 1.165) is 12.8 Å². The second kappa shape index (κ2) is 7.89. The number of benzene rings is 1. The molecule has 0 heteroatoms. The monoisotopic (exact) mass is 228 g/mol. The molecule has 0 radical (unpaired) electrons. The van der Waals surface area contributed by atoms with Crippen LogP contribution >= 0.6 is 0 Å². The quantitative estimate of drug-likeness (QED) is 0.579. The third kappa shape index (κ3) is 6.78. The molecular weight excluding hydrogens is 204 g/mol. The van der Waals surface area contributed by atoms with Crippen molar-refractivity contribution < 1.29 is 0 Å². The Kier molecular flexibility index (Phi) is 6.39. The molecule has 17 heavy (non-hydrogen) atoms. The Morgan fingerprint density at radius 2 is 1.65 bits per heavy atom. The Hall–Kier alpha value is -1.30. The van der Waals surface area contributed by atoms with Gasteiger partial charge in [0.15, 0.2) is 0 Å². The smallest absolute Gasteiger partial charge is 0.0244 e. The minimum absolute atomic E-state index is 1.15. The van der Waals surface area contributed by atoms with Crippen molar-refractivity contribution in [2.75, 3.05) is 0 Å². The molecule has 0 saturated carbocycles. The van der Waals surface area contributed by atoms with Crippen molar-refractivity contribution in [1.82, 2.24) is 0 Å². The van der Waals surface area contributed by atoms with Crippen molar-refractivity contribution in [3.63, 3.8) is 0 Å². The van der Waals surface area contributed by atoms with Gasteiger partial charge in [0.2, 0.25) is 0 Å². The summed E-state index contributed by atoms with van der Waals surface area (Å²) in [6.45, 7) is 6.56. The van der Waals surface area contributed by atoms with Gasteiger partial charge in [-0.3, -0.25) is 0 Å². The van der Waals surface area contributed by atoms with Gasteiger partial charge in [0.1, 0.15) is 0 Å². The Bertz CT molecular complexity index is 364. The Morgan fingerprint density at radius 1 is 0.941 bits per heavy atom. The van der Waals surface area contributed by atoms with Crippen molar-refractivity contribution in [1.29, 1.82) is 0 Å². The van der Waals surface area contributed by atoms with Crippen LogP contribution in [0.15, 0.2) is 53.6 Å². The zero-order valence-electron chi connectivity index (χ0n) is 11.4. The highest BCUT2D eigenvalue weighted by Crippen LogP contribution is 2.09. The lowest BCUT2D eigenvalue weighted by atomic mass is 10.1. The van der Waals surface area contributed by atoms with E-state index >= 15 is 0 Å². The van der Waals surface area contributed by atoms with Gasteiger partial charge >= 0.3 is 0 Å². The van der Waals surface area contributed by atoms with E-state index in [2.05, 4.69) is 63.3 Å². The van der Waals surface area contributed by atoms with Crippen LogP contribution in [0.3, 0.4) is 0 Å². The topological polar surface area (TPSA) is 0 Å². The number of hydrogen-bond acceptors (Lipinski definition) is 0. The van der Waals surface area contributed by atoms with Crippen LogP contribution in [0, 0.1) is 0 Å². The van der Waals surface area contributed by atoms with E-state index in [-0.39, 0.29) is 0 Å². The second-order valence-corrected chi connectivity index (χ2v) is 4.89. The second-order valence-electron chi connectivity index (χ2n) is 4.89. The third-order valence-corrected chi connectivity index (χ3v) is 2.86. The third-order valence-electron chi connectivity index (χ3n) is 2.86. The summed E-state index contributed by atoms with van der Waals surface area (Å²) in [7, 11) is 0. The van der Waals surface area contributed by atoms with Crippen molar-refractivity contribution in [3.8, 4) is 0 Å². The summed E-state index contributed by atoms with van der Waals surface area (Å²) in [5, 5.41) is 0. The minimum Gasteiger partial charge on any atom is -0.0856 e. The predicted octanol–water partition coefficient (Wildman–Crippen LogP) is 5.31. The molecule has 0 N–H and O–H groups in total. The molecular formula is C17H24. The number of hydrogen-bond donors (Lipinski definition) is 0. The van der Waals surface area contributed by atoms with E-state index < -0.39 is 0 Å². The summed E-state index contributed by atoms with van der Waals surface area (Å²) < 4.78 is 0. The summed E-state index contributed by atoms with van der Waals surface area (Å²) in [6.07, 6.45) is 9.38. The SMILES string of the molecule is CC(C)=CCC/C(C)=C/CCc1ccccc1. The van der Waals surface area contributed by atoms with E-state index in [1.807, 2.05) is 0 Å². The molecule has 1 aromatic rings. The normalized spacial score (nSPS) is 11.4. The molecule has 0 fully saturated rings. The zero-order chi connectivity index (χ0) is 12.5. The molecule has 0 aromatic heterocycles. The molecule has 1 rings (SSSR count). The Balaban J connectivity index is 2.26. The highest BCUT2D eigenvalue weighted by atomic mass is 14.0. The minimum atomic E-state index is 1.15. The fraction of sp³-hybridized carbons (Fsp3) is 0.412. The molecule has 0 heterocycles. The maximum Gasteiger partial charge on any atom is -0.0244 e. The Labute approximate surface area is 106 Å². The van der Waals surface area contributed by atoms with Crippen molar-refractivity contribution >= 4 is 0 Å². The van der Waals surface area contributed by atoms with Gasteiger partial charge in [0.25, 0.3) is 0 Å². The van der Waals surface area contributed by atoms with E-state index in [4.69, 9.17) is 0 Å². The van der Waals surface area contributed by atoms with E-state index in [9.17, 15) is 0 Å². The molecule has 0 aliphatic rings. The zero-order valence-corrected chi connectivity index (χ0v) is 11.4. The average Bonchev–Trinajstić information content (AvgIpc) is 2.30. The van der Waals surface area contributed by atoms with Crippen LogP contribution in [0.2, 0.25) is 0 Å². The van der Waals surface area contributed by atoms with Gasteiger partial charge in [-0.05, 0) is 52.0 Å². The fourth-order valence-electron chi connectivity index (χ4n) is 1.82. The van der Waals surface area contributed by atoms with Crippen LogP contribution < -0.4 is 0 Å². The van der Waals surface area contributed by atoms with E-state index in [1.165, 1.54) is 29.6 Å². The summed E-state index contributed by atoms with van der Waals surface area (Å²) >= 11 is 0. The largest absolute Gasteiger partial charge is 0.0856 e. The van der Waals surface area contributed by atoms with Gasteiger partial charge in [0, 0.05) is 0 Å². The van der Waals surface area contributed by atoms with E-state index in [0.29, 0.717) is 0 Å². The summed E-state index contributed by atoms with van der Waals surface area (Å²) in [5.74, 6) is 0. The summed E-state index contributed by atoms with van der Waals surface area (Å²) in [4.78, 5) is 0. The first-order valence-electron chi connectivity index (χ1n) is 6.51. The van der Waals surface area contributed by atoms with Crippen LogP contribution in [0.25, 0.3) is 0 Å². The van der Waals surface area contributed by atoms with Gasteiger partial charge in [-0.15, -0.1) is 0 Å². The van der Waals surface area contributed by atoms with Crippen molar-refractivity contribution in [2.45, 2.75) is 46.5 Å². The fourth-order valence-corrected chi connectivity index (χ4v) is 1.82. The average molecular weight is 228 g/mol. The maximum atomic E-state index is 2.38. The number of rotatable bonds is 6. The van der Waals surface area contributed by atoms with Gasteiger partial charge in [-0.2, -0.15) is 0 Å². The van der Waals surface area contributed by atoms with Gasteiger partial charge in [0.05, 0.1) is 0 Å². The molecule has 0 spiro atoms. The molecule has 0 nitrogen and oxygen atoms in total. The molecule has 0 bridgehead atoms. The number of aryl methyl sites for hydroxylation is 1. The molecule has 0 saturated heterocycles. The lowest BCUT2D eigenvalue weighted by Crippen LogP contribution is -1.83. The highest BCUT2D eigenvalue weighted by Gasteiger charge is 1.91. The lowest BCUT2D eigenvalue weighted by Gasteiger charge is -2.00. The first-order chi connectivity index (χ1) is 8.18. The summed E-state index contributed by atoms with van der Waals surface area (Å²) in [6, 6.07) is 10.7. The lowest BCUT2D eigenvalue weighted by molar-refractivity contribution is 0.925. The van der Waals surface area contributed by atoms with Crippen LogP contribution in [-0.4, -0.2) is 0 Å². The standard InChI is InChI=1S/C17H24/c1-15(2)9-7-10-16(3)11-8-14-17-12-5-4-6-13-17/h4-6,9,11-13H,7-8,10,14H2,1-3H3/b16-11+. The molecule has 0 amide bonds. The first kappa shape index (κ1) is 13.8. The molecule has 0 atom stereocenters. The van der Waals surface area contributed by atoms with Gasteiger partial charge in [-0.1, -0.05) is 53.6 Å². The molecule has 0 unspecified atom stereocenters. The molecule has 0 aliphatic heterocycles. The maximum absolute atomic E-state index is 2.38. The van der Waals surface area contributed by atoms with Crippen LogP contribution in [0.1, 0.15) is 45.6 Å². The summed E-state index contributed by atoms with van der Waals surface area (Å²) in [5.41, 5.74) is 4.36.